The lowest BCUT2D eigenvalue weighted by atomic mass is 9.81. The van der Waals surface area contributed by atoms with Gasteiger partial charge >= 0.3 is 6.18 Å². The molecule has 1 aromatic rings. The molecular weight excluding hydrogens is 319 g/mol. The van der Waals surface area contributed by atoms with Crippen molar-refractivity contribution in [1.82, 2.24) is 4.90 Å². The van der Waals surface area contributed by atoms with Crippen LogP contribution >= 0.6 is 0 Å². The maximum atomic E-state index is 12.5. The van der Waals surface area contributed by atoms with Crippen LogP contribution in [0.4, 0.5) is 18.9 Å². The number of amides is 1. The summed E-state index contributed by atoms with van der Waals surface area (Å²) >= 11 is 0. The SMILES string of the molecule is CN(C(=O)CNc1ccc(C(F)(F)F)cc1)C1(C#N)CCCCC1. The Morgan fingerprint density at radius 2 is 1.83 bits per heavy atom. The highest BCUT2D eigenvalue weighted by molar-refractivity contribution is 5.81. The Hall–Kier alpha value is -2.23. The molecule has 1 aliphatic rings. The summed E-state index contributed by atoms with van der Waals surface area (Å²) in [7, 11) is 1.62. The molecule has 0 saturated heterocycles. The largest absolute Gasteiger partial charge is 0.416 e. The van der Waals surface area contributed by atoms with Crippen molar-refractivity contribution in [3.05, 3.63) is 29.8 Å². The molecule has 1 aliphatic carbocycles. The number of nitrogens with one attached hydrogen (secondary N) is 1. The van der Waals surface area contributed by atoms with Crippen molar-refractivity contribution in [3.8, 4) is 6.07 Å². The maximum absolute atomic E-state index is 12.5. The molecule has 0 aliphatic heterocycles. The second kappa shape index (κ2) is 7.12. The predicted molar refractivity (Wildman–Crippen MR) is 84.1 cm³/mol. The van der Waals surface area contributed by atoms with Crippen LogP contribution in [-0.4, -0.2) is 29.9 Å². The van der Waals surface area contributed by atoms with Crippen LogP contribution in [0.2, 0.25) is 0 Å². The predicted octanol–water partition coefficient (Wildman–Crippen LogP) is 3.80. The number of hydrogen-bond acceptors (Lipinski definition) is 3. The van der Waals surface area contributed by atoms with Crippen molar-refractivity contribution >= 4 is 11.6 Å². The molecule has 1 amide bonds. The van der Waals surface area contributed by atoms with Crippen molar-refractivity contribution in [2.75, 3.05) is 18.9 Å². The fourth-order valence-corrected chi connectivity index (χ4v) is 2.97. The van der Waals surface area contributed by atoms with E-state index in [4.69, 9.17) is 0 Å². The topological polar surface area (TPSA) is 56.1 Å². The second-order valence-corrected chi connectivity index (χ2v) is 6.09. The monoisotopic (exact) mass is 339 g/mol. The number of likely N-dealkylation sites (N-methyl/N-ethyl adjacent to an activating group) is 1. The zero-order valence-corrected chi connectivity index (χ0v) is 13.5. The summed E-state index contributed by atoms with van der Waals surface area (Å²) < 4.78 is 37.5. The third kappa shape index (κ3) is 3.99. The van der Waals surface area contributed by atoms with Gasteiger partial charge < -0.3 is 10.2 Å². The van der Waals surface area contributed by atoms with Gasteiger partial charge in [-0.05, 0) is 37.1 Å². The maximum Gasteiger partial charge on any atom is 0.416 e. The summed E-state index contributed by atoms with van der Waals surface area (Å²) in [6, 6.07) is 6.78. The Morgan fingerprint density at radius 3 is 2.33 bits per heavy atom. The van der Waals surface area contributed by atoms with Gasteiger partial charge in [-0.15, -0.1) is 0 Å². The van der Waals surface area contributed by atoms with Gasteiger partial charge in [0.2, 0.25) is 5.91 Å². The number of alkyl halides is 3. The van der Waals surface area contributed by atoms with Crippen LogP contribution in [0.15, 0.2) is 24.3 Å². The van der Waals surface area contributed by atoms with Crippen LogP contribution in [0, 0.1) is 11.3 Å². The summed E-state index contributed by atoms with van der Waals surface area (Å²) in [4.78, 5) is 13.8. The average Bonchev–Trinajstić information content (AvgIpc) is 2.59. The van der Waals surface area contributed by atoms with Crippen molar-refractivity contribution in [2.24, 2.45) is 0 Å². The van der Waals surface area contributed by atoms with E-state index in [1.165, 1.54) is 17.0 Å². The van der Waals surface area contributed by atoms with Gasteiger partial charge in [0.15, 0.2) is 0 Å². The normalized spacial score (nSPS) is 17.0. The first-order valence-corrected chi connectivity index (χ1v) is 7.87. The fourth-order valence-electron chi connectivity index (χ4n) is 2.97. The van der Waals surface area contributed by atoms with Crippen LogP contribution in [0.25, 0.3) is 0 Å². The number of halogens is 3. The molecular formula is C17H20F3N3O. The van der Waals surface area contributed by atoms with Gasteiger partial charge in [0.05, 0.1) is 18.2 Å². The summed E-state index contributed by atoms with van der Waals surface area (Å²) in [6.07, 6.45) is -0.170. The molecule has 0 aromatic heterocycles. The Kier molecular flexibility index (Phi) is 5.37. The van der Waals surface area contributed by atoms with Gasteiger partial charge in [-0.1, -0.05) is 19.3 Å². The lowest BCUT2D eigenvalue weighted by Gasteiger charge is -2.39. The Balaban J connectivity index is 1.96. The van der Waals surface area contributed by atoms with E-state index in [-0.39, 0.29) is 12.5 Å². The lowest BCUT2D eigenvalue weighted by Crippen LogP contribution is -2.51. The van der Waals surface area contributed by atoms with Gasteiger partial charge in [-0.25, -0.2) is 0 Å². The van der Waals surface area contributed by atoms with Crippen LogP contribution in [-0.2, 0) is 11.0 Å². The first kappa shape index (κ1) is 18.1. The van der Waals surface area contributed by atoms with E-state index in [2.05, 4.69) is 11.4 Å². The van der Waals surface area contributed by atoms with Crippen molar-refractivity contribution < 1.29 is 18.0 Å². The molecule has 4 nitrogen and oxygen atoms in total. The van der Waals surface area contributed by atoms with Crippen molar-refractivity contribution in [3.63, 3.8) is 0 Å². The van der Waals surface area contributed by atoms with Gasteiger partial charge in [-0.2, -0.15) is 18.4 Å². The molecule has 2 rings (SSSR count). The van der Waals surface area contributed by atoms with Gasteiger partial charge in [0, 0.05) is 12.7 Å². The molecule has 0 atom stereocenters. The number of nitrogens with zero attached hydrogens (tertiary/aromatic N) is 2. The molecule has 0 spiro atoms. The molecule has 0 unspecified atom stereocenters. The fraction of sp³-hybridized carbons (Fsp3) is 0.529. The molecule has 130 valence electrons. The molecule has 1 saturated carbocycles. The zero-order chi connectivity index (χ0) is 17.8. The standard InChI is InChI=1S/C17H20F3N3O/c1-23(16(12-21)9-3-2-4-10-16)15(24)11-22-14-7-5-13(6-8-14)17(18,19)20/h5-8,22H,2-4,9-11H2,1H3. The number of anilines is 1. The number of carbonyl (C=O) groups excluding carboxylic acids is 1. The van der Waals surface area contributed by atoms with E-state index in [9.17, 15) is 23.2 Å². The minimum atomic E-state index is -4.38. The smallest absolute Gasteiger partial charge is 0.376 e. The van der Waals surface area contributed by atoms with Crippen LogP contribution in [0.5, 0.6) is 0 Å². The third-order valence-electron chi connectivity index (χ3n) is 4.56. The van der Waals surface area contributed by atoms with E-state index in [1.54, 1.807) is 7.05 Å². The van der Waals surface area contributed by atoms with Crippen LogP contribution in [0.1, 0.15) is 37.7 Å². The number of hydrogen-bond donors (Lipinski definition) is 1. The van der Waals surface area contributed by atoms with Crippen molar-refractivity contribution in [2.45, 2.75) is 43.8 Å². The second-order valence-electron chi connectivity index (χ2n) is 6.09. The van der Waals surface area contributed by atoms with E-state index in [1.807, 2.05) is 0 Å². The quantitative estimate of drug-likeness (QED) is 0.908. The number of benzene rings is 1. The molecule has 1 fully saturated rings. The highest BCUT2D eigenvalue weighted by Crippen LogP contribution is 2.32. The van der Waals surface area contributed by atoms with Crippen molar-refractivity contribution in [1.29, 1.82) is 5.26 Å². The van der Waals surface area contributed by atoms with E-state index < -0.39 is 17.3 Å². The van der Waals surface area contributed by atoms with Crippen LogP contribution in [0.3, 0.4) is 0 Å². The first-order chi connectivity index (χ1) is 11.3. The summed E-state index contributed by atoms with van der Waals surface area (Å²) in [5.74, 6) is -0.252. The van der Waals surface area contributed by atoms with Gasteiger partial charge in [0.25, 0.3) is 0 Å². The third-order valence-corrected chi connectivity index (χ3v) is 4.56. The molecule has 0 heterocycles. The highest BCUT2D eigenvalue weighted by Gasteiger charge is 2.38. The Morgan fingerprint density at radius 1 is 1.25 bits per heavy atom. The summed E-state index contributed by atoms with van der Waals surface area (Å²) in [5, 5.41) is 12.3. The number of rotatable bonds is 4. The lowest BCUT2D eigenvalue weighted by molar-refractivity contribution is -0.137. The number of carbonyl (C=O) groups is 1. The molecule has 1 N–H and O–H groups in total. The van der Waals surface area contributed by atoms with Gasteiger partial charge in [-0.3, -0.25) is 4.79 Å². The van der Waals surface area contributed by atoms with E-state index >= 15 is 0 Å². The molecule has 1 aromatic carbocycles. The molecule has 24 heavy (non-hydrogen) atoms. The first-order valence-electron chi connectivity index (χ1n) is 7.87. The Labute approximate surface area is 139 Å². The minimum Gasteiger partial charge on any atom is -0.376 e. The molecule has 0 bridgehead atoms. The number of nitriles is 1. The molecule has 7 heteroatoms. The minimum absolute atomic E-state index is 0.0642. The van der Waals surface area contributed by atoms with Gasteiger partial charge in [0.1, 0.15) is 5.54 Å². The summed E-state index contributed by atoms with van der Waals surface area (Å²) in [5.41, 5.74) is -1.07. The summed E-state index contributed by atoms with van der Waals surface area (Å²) in [6.45, 7) is -0.0642. The Bertz CT molecular complexity index is 613. The zero-order valence-electron chi connectivity index (χ0n) is 13.5. The van der Waals surface area contributed by atoms with Crippen LogP contribution < -0.4 is 5.32 Å². The molecule has 0 radical (unpaired) electrons. The highest BCUT2D eigenvalue weighted by atomic mass is 19.4. The average molecular weight is 339 g/mol. The van der Waals surface area contributed by atoms with E-state index in [0.717, 1.165) is 31.4 Å². The van der Waals surface area contributed by atoms with E-state index in [0.29, 0.717) is 18.5 Å².